The molecule has 1 aliphatic carbocycles. The fourth-order valence-electron chi connectivity index (χ4n) is 4.07. The molecule has 1 amide bonds. The molecule has 3 rings (SSSR count). The summed E-state index contributed by atoms with van der Waals surface area (Å²) >= 11 is 0. The number of carbonyl (C=O) groups excluding carboxylic acids is 1. The lowest BCUT2D eigenvalue weighted by Gasteiger charge is -2.38. The van der Waals surface area contributed by atoms with Crippen LogP contribution in [0.4, 0.5) is 4.39 Å². The zero-order valence-electron chi connectivity index (χ0n) is 13.1. The minimum atomic E-state index is -0.502. The van der Waals surface area contributed by atoms with Gasteiger partial charge in [0.05, 0.1) is 5.41 Å². The lowest BCUT2D eigenvalue weighted by molar-refractivity contribution is -0.138. The molecule has 1 saturated carbocycles. The number of amides is 1. The summed E-state index contributed by atoms with van der Waals surface area (Å²) in [6, 6.07) is 6.64. The highest BCUT2D eigenvalue weighted by Crippen LogP contribution is 2.43. The predicted molar refractivity (Wildman–Crippen MR) is 84.9 cm³/mol. The number of piperidine rings is 1. The van der Waals surface area contributed by atoms with Crippen molar-refractivity contribution in [3.63, 3.8) is 0 Å². The summed E-state index contributed by atoms with van der Waals surface area (Å²) in [6.07, 6.45) is 5.74. The topological polar surface area (TPSA) is 46.3 Å². The number of halogens is 1. The van der Waals surface area contributed by atoms with Gasteiger partial charge in [-0.15, -0.1) is 0 Å². The SMILES string of the molecule is NCC1CCN(C(=O)C2(c3cccc(F)c3)CCCC2)CC1. The third-order valence-corrected chi connectivity index (χ3v) is 5.48. The normalized spacial score (nSPS) is 22.0. The van der Waals surface area contributed by atoms with E-state index in [9.17, 15) is 9.18 Å². The third kappa shape index (κ3) is 2.76. The molecule has 2 aliphatic rings. The standard InChI is InChI=1S/C18H25FN2O/c19-16-5-3-4-15(12-16)18(8-1-2-9-18)17(22)21-10-6-14(13-20)7-11-21/h3-5,12,14H,1-2,6-11,13,20H2. The van der Waals surface area contributed by atoms with Crippen LogP contribution in [0, 0.1) is 11.7 Å². The van der Waals surface area contributed by atoms with Gasteiger partial charge in [0, 0.05) is 13.1 Å². The van der Waals surface area contributed by atoms with Crippen molar-refractivity contribution in [1.82, 2.24) is 4.90 Å². The average molecular weight is 304 g/mol. The molecular weight excluding hydrogens is 279 g/mol. The Morgan fingerprint density at radius 1 is 1.27 bits per heavy atom. The molecule has 2 fully saturated rings. The number of carbonyl (C=O) groups is 1. The molecule has 2 N–H and O–H groups in total. The van der Waals surface area contributed by atoms with Crippen LogP contribution in [-0.2, 0) is 10.2 Å². The molecule has 1 heterocycles. The minimum Gasteiger partial charge on any atom is -0.342 e. The molecule has 1 aliphatic heterocycles. The molecule has 22 heavy (non-hydrogen) atoms. The Labute approximate surface area is 131 Å². The third-order valence-electron chi connectivity index (χ3n) is 5.48. The van der Waals surface area contributed by atoms with E-state index in [0.717, 1.165) is 57.2 Å². The molecule has 0 atom stereocenters. The van der Waals surface area contributed by atoms with E-state index >= 15 is 0 Å². The number of nitrogens with two attached hydrogens (primary N) is 1. The molecule has 0 aromatic heterocycles. The largest absolute Gasteiger partial charge is 0.342 e. The number of hydrogen-bond acceptors (Lipinski definition) is 2. The number of nitrogens with zero attached hydrogens (tertiary/aromatic N) is 1. The number of hydrogen-bond donors (Lipinski definition) is 1. The first kappa shape index (κ1) is 15.5. The lowest BCUT2D eigenvalue weighted by Crippen LogP contribution is -2.49. The second-order valence-corrected chi connectivity index (χ2v) is 6.77. The fourth-order valence-corrected chi connectivity index (χ4v) is 4.07. The van der Waals surface area contributed by atoms with Crippen LogP contribution in [-0.4, -0.2) is 30.4 Å². The maximum Gasteiger partial charge on any atom is 0.233 e. The van der Waals surface area contributed by atoms with Crippen molar-refractivity contribution < 1.29 is 9.18 Å². The predicted octanol–water partition coefficient (Wildman–Crippen LogP) is 2.83. The average Bonchev–Trinajstić information content (AvgIpc) is 3.05. The summed E-state index contributed by atoms with van der Waals surface area (Å²) in [6.45, 7) is 2.28. The molecule has 4 heteroatoms. The molecule has 0 spiro atoms. The van der Waals surface area contributed by atoms with Crippen molar-refractivity contribution in [3.05, 3.63) is 35.6 Å². The van der Waals surface area contributed by atoms with Crippen molar-refractivity contribution in [3.8, 4) is 0 Å². The van der Waals surface area contributed by atoms with Crippen molar-refractivity contribution in [1.29, 1.82) is 0 Å². The lowest BCUT2D eigenvalue weighted by atomic mass is 9.77. The van der Waals surface area contributed by atoms with E-state index in [-0.39, 0.29) is 11.7 Å². The second-order valence-electron chi connectivity index (χ2n) is 6.77. The zero-order chi connectivity index (χ0) is 15.6. The van der Waals surface area contributed by atoms with Gasteiger partial charge in [0.2, 0.25) is 5.91 Å². The first-order valence-electron chi connectivity index (χ1n) is 8.41. The highest BCUT2D eigenvalue weighted by Gasteiger charge is 2.45. The first-order chi connectivity index (χ1) is 10.7. The van der Waals surface area contributed by atoms with Gasteiger partial charge in [-0.25, -0.2) is 4.39 Å². The van der Waals surface area contributed by atoms with Crippen LogP contribution in [0.5, 0.6) is 0 Å². The van der Waals surface area contributed by atoms with Crippen molar-refractivity contribution >= 4 is 5.91 Å². The van der Waals surface area contributed by atoms with E-state index in [1.807, 2.05) is 11.0 Å². The van der Waals surface area contributed by atoms with Crippen LogP contribution < -0.4 is 5.73 Å². The molecule has 1 saturated heterocycles. The second kappa shape index (κ2) is 6.37. The first-order valence-corrected chi connectivity index (χ1v) is 8.41. The Bertz CT molecular complexity index is 532. The summed E-state index contributed by atoms with van der Waals surface area (Å²) in [4.78, 5) is 15.2. The number of benzene rings is 1. The Morgan fingerprint density at radius 3 is 2.55 bits per heavy atom. The van der Waals surface area contributed by atoms with Gasteiger partial charge in [0.15, 0.2) is 0 Å². The molecule has 120 valence electrons. The van der Waals surface area contributed by atoms with Crippen LogP contribution in [0.2, 0.25) is 0 Å². The van der Waals surface area contributed by atoms with Crippen LogP contribution in [0.15, 0.2) is 24.3 Å². The molecule has 1 aromatic carbocycles. The van der Waals surface area contributed by atoms with Gasteiger partial charge in [-0.05, 0) is 55.8 Å². The van der Waals surface area contributed by atoms with Crippen molar-refractivity contribution in [2.75, 3.05) is 19.6 Å². The van der Waals surface area contributed by atoms with Crippen molar-refractivity contribution in [2.45, 2.75) is 43.9 Å². The van der Waals surface area contributed by atoms with E-state index in [4.69, 9.17) is 5.73 Å². The van der Waals surface area contributed by atoms with Gasteiger partial charge in [-0.1, -0.05) is 25.0 Å². The summed E-state index contributed by atoms with van der Waals surface area (Å²) in [5.74, 6) is 0.488. The molecule has 0 bridgehead atoms. The molecule has 0 radical (unpaired) electrons. The van der Waals surface area contributed by atoms with Gasteiger partial charge in [-0.3, -0.25) is 4.79 Å². The highest BCUT2D eigenvalue weighted by atomic mass is 19.1. The van der Waals surface area contributed by atoms with Gasteiger partial charge >= 0.3 is 0 Å². The molecule has 0 unspecified atom stereocenters. The van der Waals surface area contributed by atoms with E-state index < -0.39 is 5.41 Å². The Balaban J connectivity index is 1.83. The summed E-state index contributed by atoms with van der Waals surface area (Å²) in [5, 5.41) is 0. The Morgan fingerprint density at radius 2 is 1.95 bits per heavy atom. The van der Waals surface area contributed by atoms with Gasteiger partial charge in [0.25, 0.3) is 0 Å². The molecule has 1 aromatic rings. The van der Waals surface area contributed by atoms with E-state index in [1.54, 1.807) is 12.1 Å². The minimum absolute atomic E-state index is 0.200. The zero-order valence-corrected chi connectivity index (χ0v) is 13.1. The molecule has 3 nitrogen and oxygen atoms in total. The van der Waals surface area contributed by atoms with E-state index in [1.165, 1.54) is 6.07 Å². The smallest absolute Gasteiger partial charge is 0.233 e. The Hall–Kier alpha value is -1.42. The van der Waals surface area contributed by atoms with Crippen LogP contribution >= 0.6 is 0 Å². The fraction of sp³-hybridized carbons (Fsp3) is 0.611. The van der Waals surface area contributed by atoms with Crippen LogP contribution in [0.25, 0.3) is 0 Å². The number of rotatable bonds is 3. The number of likely N-dealkylation sites (tertiary alicyclic amines) is 1. The Kier molecular flexibility index (Phi) is 4.48. The summed E-state index contributed by atoms with van der Waals surface area (Å²) < 4.78 is 13.7. The van der Waals surface area contributed by atoms with Crippen LogP contribution in [0.1, 0.15) is 44.1 Å². The maximum absolute atomic E-state index is 13.7. The monoisotopic (exact) mass is 304 g/mol. The van der Waals surface area contributed by atoms with Crippen LogP contribution in [0.3, 0.4) is 0 Å². The molecular formula is C18H25FN2O. The van der Waals surface area contributed by atoms with Gasteiger partial charge < -0.3 is 10.6 Å². The van der Waals surface area contributed by atoms with E-state index in [2.05, 4.69) is 0 Å². The quantitative estimate of drug-likeness (QED) is 0.933. The van der Waals surface area contributed by atoms with Crippen molar-refractivity contribution in [2.24, 2.45) is 11.7 Å². The van der Waals surface area contributed by atoms with E-state index in [0.29, 0.717) is 12.5 Å². The van der Waals surface area contributed by atoms with Gasteiger partial charge in [0.1, 0.15) is 5.82 Å². The summed E-state index contributed by atoms with van der Waals surface area (Å²) in [5.41, 5.74) is 6.09. The maximum atomic E-state index is 13.7. The van der Waals surface area contributed by atoms with Gasteiger partial charge in [-0.2, -0.15) is 0 Å². The summed E-state index contributed by atoms with van der Waals surface area (Å²) in [7, 11) is 0. The highest BCUT2D eigenvalue weighted by molar-refractivity contribution is 5.88.